The Hall–Kier alpha value is 0.0799. The van der Waals surface area contributed by atoms with Gasteiger partial charge in [-0.25, -0.2) is 0 Å². The van der Waals surface area contributed by atoms with Gasteiger partial charge in [0.1, 0.15) is 14.0 Å². The Kier molecular flexibility index (Phi) is 9.05. The van der Waals surface area contributed by atoms with Crippen molar-refractivity contribution in [2.75, 3.05) is 13.2 Å². The van der Waals surface area contributed by atoms with Gasteiger partial charge >= 0.3 is 0 Å². The molecule has 2 fully saturated rings. The fourth-order valence-corrected chi connectivity index (χ4v) is 4.46. The Morgan fingerprint density at radius 1 is 1.14 bits per heavy atom. The van der Waals surface area contributed by atoms with Crippen molar-refractivity contribution < 1.29 is 37.8 Å². The summed E-state index contributed by atoms with van der Waals surface area (Å²) in [5, 5.41) is 10.2. The van der Waals surface area contributed by atoms with E-state index < -0.39 is 43.9 Å². The lowest BCUT2D eigenvalue weighted by atomic mass is 9.83. The fourth-order valence-electron chi connectivity index (χ4n) is 3.50. The molecule has 0 aromatic heterocycles. The minimum Gasteiger partial charge on any atom is -0.756 e. The number of phosphoric acid groups is 1. The summed E-state index contributed by atoms with van der Waals surface area (Å²) in [6.45, 7) is 7.32. The number of aliphatic hydroxyl groups is 1. The molecule has 1 saturated carbocycles. The molecule has 2 aliphatic rings. The number of rotatable bonds is 10. The molecule has 1 aliphatic carbocycles. The Labute approximate surface area is 170 Å². The quantitative estimate of drug-likeness (QED) is 0.411. The van der Waals surface area contributed by atoms with Gasteiger partial charge in [0.2, 0.25) is 0 Å². The second-order valence-corrected chi connectivity index (χ2v) is 9.36. The summed E-state index contributed by atoms with van der Waals surface area (Å²) in [5.41, 5.74) is 0. The third-order valence-electron chi connectivity index (χ3n) is 4.82. The maximum Gasteiger partial charge on any atom is 0.268 e. The van der Waals surface area contributed by atoms with E-state index in [2.05, 4.69) is 0 Å². The van der Waals surface area contributed by atoms with Crippen molar-refractivity contribution in [3.63, 3.8) is 0 Å². The summed E-state index contributed by atoms with van der Waals surface area (Å²) in [7, 11) is 6.99. The number of phosphoric ester groups is 1. The van der Waals surface area contributed by atoms with E-state index in [1.54, 1.807) is 0 Å². The molecule has 0 amide bonds. The Morgan fingerprint density at radius 3 is 2.43 bits per heavy atom. The van der Waals surface area contributed by atoms with Crippen LogP contribution < -0.4 is 4.89 Å². The predicted molar refractivity (Wildman–Crippen MR) is 102 cm³/mol. The van der Waals surface area contributed by atoms with Crippen LogP contribution >= 0.6 is 7.82 Å². The molecule has 8 nitrogen and oxygen atoms in total. The third-order valence-corrected chi connectivity index (χ3v) is 5.81. The highest BCUT2D eigenvalue weighted by atomic mass is 31.2. The number of hydrogen-bond donors (Lipinski definition) is 1. The number of hydrogen-bond acceptors (Lipinski definition) is 8. The highest BCUT2D eigenvalue weighted by Gasteiger charge is 2.43. The van der Waals surface area contributed by atoms with Crippen molar-refractivity contribution in [3.05, 3.63) is 0 Å². The zero-order valence-corrected chi connectivity index (χ0v) is 17.8. The lowest BCUT2D eigenvalue weighted by Gasteiger charge is -2.31. The van der Waals surface area contributed by atoms with Gasteiger partial charge in [-0.05, 0) is 46.4 Å². The fraction of sp³-hybridized carbons (Fsp3) is 1.00. The first kappa shape index (κ1) is 24.4. The first-order valence-electron chi connectivity index (χ1n) is 9.74. The van der Waals surface area contributed by atoms with Crippen LogP contribution in [-0.2, 0) is 27.8 Å². The highest BCUT2D eigenvalue weighted by Crippen LogP contribution is 2.47. The third kappa shape index (κ3) is 7.10. The van der Waals surface area contributed by atoms with Gasteiger partial charge in [-0.15, -0.1) is 0 Å². The normalized spacial score (nSPS) is 38.4. The molecule has 1 saturated heterocycles. The summed E-state index contributed by atoms with van der Waals surface area (Å²) < 4.78 is 39.3. The Morgan fingerprint density at radius 2 is 1.82 bits per heavy atom. The van der Waals surface area contributed by atoms with Crippen molar-refractivity contribution in [1.29, 1.82) is 0 Å². The van der Waals surface area contributed by atoms with Crippen LogP contribution in [0.3, 0.4) is 0 Å². The van der Waals surface area contributed by atoms with Crippen LogP contribution in [0, 0.1) is 5.92 Å². The Bertz CT molecular complexity index is 537. The van der Waals surface area contributed by atoms with E-state index >= 15 is 0 Å². The van der Waals surface area contributed by atoms with Gasteiger partial charge in [-0.1, -0.05) is 0 Å². The van der Waals surface area contributed by atoms with Gasteiger partial charge in [0.25, 0.3) is 7.82 Å². The lowest BCUT2D eigenvalue weighted by molar-refractivity contribution is -0.234. The van der Waals surface area contributed by atoms with Crippen molar-refractivity contribution in [2.45, 2.75) is 89.0 Å². The van der Waals surface area contributed by atoms with E-state index in [0.717, 1.165) is 0 Å². The SMILES string of the molecule is [B][C@H]1C[C@@H](OC(C)C)[C@@H](COP(=O)([O-])O[C@@H]2C[C@H]([B])C(O)[C@@H]2COC(C)C)O1. The van der Waals surface area contributed by atoms with Crippen LogP contribution in [0.25, 0.3) is 0 Å². The van der Waals surface area contributed by atoms with Crippen LogP contribution in [0.15, 0.2) is 0 Å². The van der Waals surface area contributed by atoms with Gasteiger partial charge in [0.15, 0.2) is 0 Å². The maximum absolute atomic E-state index is 12.3. The predicted octanol–water partition coefficient (Wildman–Crippen LogP) is 0.696. The van der Waals surface area contributed by atoms with E-state index in [1.807, 2.05) is 27.7 Å². The van der Waals surface area contributed by atoms with E-state index in [-0.39, 0.29) is 37.9 Å². The summed E-state index contributed by atoms with van der Waals surface area (Å²) in [4.78, 5) is 12.3. The second-order valence-electron chi connectivity index (χ2n) is 7.99. The van der Waals surface area contributed by atoms with Gasteiger partial charge < -0.3 is 33.3 Å². The number of aliphatic hydroxyl groups excluding tert-OH is 1. The van der Waals surface area contributed by atoms with Crippen LogP contribution in [-0.4, -0.2) is 76.6 Å². The summed E-state index contributed by atoms with van der Waals surface area (Å²) in [6.07, 6.45) is -2.18. The van der Waals surface area contributed by atoms with Gasteiger partial charge in [0, 0.05) is 11.9 Å². The van der Waals surface area contributed by atoms with E-state index in [0.29, 0.717) is 6.42 Å². The van der Waals surface area contributed by atoms with E-state index in [4.69, 9.17) is 39.0 Å². The van der Waals surface area contributed by atoms with E-state index in [1.165, 1.54) is 0 Å². The Balaban J connectivity index is 1.91. The molecule has 28 heavy (non-hydrogen) atoms. The van der Waals surface area contributed by atoms with E-state index in [9.17, 15) is 14.6 Å². The average Bonchev–Trinajstić information content (AvgIpc) is 3.02. The van der Waals surface area contributed by atoms with Crippen molar-refractivity contribution in [3.8, 4) is 0 Å². The summed E-state index contributed by atoms with van der Waals surface area (Å²) in [5.74, 6) is -1.15. The highest BCUT2D eigenvalue weighted by molar-refractivity contribution is 7.45. The molecular formula is C17H30B2O8P-. The molecule has 0 aromatic rings. The smallest absolute Gasteiger partial charge is 0.268 e. The molecule has 4 radical (unpaired) electrons. The molecule has 2 unspecified atom stereocenters. The molecule has 1 aliphatic heterocycles. The molecular weight excluding hydrogens is 385 g/mol. The molecule has 158 valence electrons. The minimum atomic E-state index is -4.66. The summed E-state index contributed by atoms with van der Waals surface area (Å²) >= 11 is 0. The minimum absolute atomic E-state index is 0.0557. The monoisotopic (exact) mass is 415 g/mol. The lowest BCUT2D eigenvalue weighted by Crippen LogP contribution is -2.34. The average molecular weight is 415 g/mol. The molecule has 11 heteroatoms. The molecule has 0 bridgehead atoms. The van der Waals surface area contributed by atoms with Crippen molar-refractivity contribution >= 4 is 23.5 Å². The van der Waals surface area contributed by atoms with Gasteiger partial charge in [0.05, 0.1) is 51.6 Å². The standard InChI is InChI=1S/C17H31B2O8P/c1-9(2)23-7-11-13(5-12(18)17(11)20)27-28(21,22)24-8-15-14(25-10(3)4)6-16(19)26-15/h9-17,20H,5-8H2,1-4H3,(H,21,22)/p-1/t11-,12+,13-,14-,15-,16-,17?/m1/s1. The van der Waals surface area contributed by atoms with Crippen molar-refractivity contribution in [2.24, 2.45) is 5.92 Å². The van der Waals surface area contributed by atoms with Crippen LogP contribution in [0.2, 0.25) is 5.82 Å². The molecule has 1 heterocycles. The van der Waals surface area contributed by atoms with Crippen LogP contribution in [0.4, 0.5) is 0 Å². The van der Waals surface area contributed by atoms with Gasteiger partial charge in [-0.2, -0.15) is 0 Å². The summed E-state index contributed by atoms with van der Waals surface area (Å²) in [6, 6.07) is -0.537. The first-order chi connectivity index (χ1) is 13.0. The zero-order valence-electron chi connectivity index (χ0n) is 16.9. The molecule has 8 atom stereocenters. The molecule has 2 rings (SSSR count). The maximum atomic E-state index is 12.3. The molecule has 0 spiro atoms. The topological polar surface area (TPSA) is 107 Å². The van der Waals surface area contributed by atoms with Crippen molar-refractivity contribution in [1.82, 2.24) is 0 Å². The first-order valence-corrected chi connectivity index (χ1v) is 11.2. The van der Waals surface area contributed by atoms with Crippen LogP contribution in [0.1, 0.15) is 40.5 Å². The zero-order chi connectivity index (χ0) is 21.1. The largest absolute Gasteiger partial charge is 0.756 e. The second kappa shape index (κ2) is 10.4. The molecule has 0 aromatic carbocycles. The number of ether oxygens (including phenoxy) is 3. The van der Waals surface area contributed by atoms with Crippen LogP contribution in [0.5, 0.6) is 0 Å². The molecule has 1 N–H and O–H groups in total. The van der Waals surface area contributed by atoms with Gasteiger partial charge in [-0.3, -0.25) is 4.57 Å².